The van der Waals surface area contributed by atoms with Crippen molar-refractivity contribution in [3.05, 3.63) is 47.6 Å². The van der Waals surface area contributed by atoms with Crippen LogP contribution >= 0.6 is 0 Å². The normalized spacial score (nSPS) is 20.5. The van der Waals surface area contributed by atoms with Crippen molar-refractivity contribution in [3.8, 4) is 0 Å². The van der Waals surface area contributed by atoms with Crippen molar-refractivity contribution >= 4 is 6.09 Å². The summed E-state index contributed by atoms with van der Waals surface area (Å²) in [4.78, 5) is 15.8. The minimum absolute atomic E-state index is 0.116. The molecular weight excluding hydrogens is 356 g/mol. The Kier molecular flexibility index (Phi) is 5.17. The van der Waals surface area contributed by atoms with E-state index in [1.807, 2.05) is 0 Å². The molecule has 0 unspecified atom stereocenters. The number of benzene rings is 1. The van der Waals surface area contributed by atoms with Crippen LogP contribution in [0.4, 0.5) is 13.6 Å². The predicted octanol–water partition coefficient (Wildman–Crippen LogP) is 4.37. The SMILES string of the molecule is CC(C)(C)OC(=O)N[C@H]1CC[C@H](c2nc(C(F)(F)c3ccccc3)no2)C1. The zero-order valence-corrected chi connectivity index (χ0v) is 15.5. The molecule has 2 atom stereocenters. The molecule has 1 aromatic carbocycles. The minimum Gasteiger partial charge on any atom is -0.444 e. The quantitative estimate of drug-likeness (QED) is 0.853. The molecule has 1 saturated carbocycles. The fourth-order valence-electron chi connectivity index (χ4n) is 3.12. The maximum atomic E-state index is 14.5. The van der Waals surface area contributed by atoms with E-state index in [4.69, 9.17) is 9.26 Å². The second kappa shape index (κ2) is 7.25. The van der Waals surface area contributed by atoms with E-state index < -0.39 is 23.4 Å². The lowest BCUT2D eigenvalue weighted by atomic mass is 10.1. The molecule has 1 heterocycles. The predicted molar refractivity (Wildman–Crippen MR) is 93.5 cm³/mol. The van der Waals surface area contributed by atoms with E-state index in [0.717, 1.165) is 0 Å². The molecule has 2 aromatic rings. The molecule has 6 nitrogen and oxygen atoms in total. The first-order chi connectivity index (χ1) is 12.6. The van der Waals surface area contributed by atoms with Crippen LogP contribution in [0.15, 0.2) is 34.9 Å². The fourth-order valence-corrected chi connectivity index (χ4v) is 3.12. The van der Waals surface area contributed by atoms with Crippen LogP contribution in [0.25, 0.3) is 0 Å². The summed E-state index contributed by atoms with van der Waals surface area (Å²) < 4.78 is 39.4. The molecule has 1 aromatic heterocycles. The highest BCUT2D eigenvalue weighted by Gasteiger charge is 2.41. The summed E-state index contributed by atoms with van der Waals surface area (Å²) in [5.74, 6) is -3.96. The molecular formula is C19H23F2N3O3. The molecule has 1 fully saturated rings. The van der Waals surface area contributed by atoms with Gasteiger partial charge in [-0.05, 0) is 40.0 Å². The smallest absolute Gasteiger partial charge is 0.407 e. The van der Waals surface area contributed by atoms with Crippen LogP contribution in [0.2, 0.25) is 0 Å². The zero-order chi connectivity index (χ0) is 19.7. The van der Waals surface area contributed by atoms with E-state index in [1.54, 1.807) is 26.8 Å². The number of nitrogens with zero attached hydrogens (tertiary/aromatic N) is 2. The second-order valence-corrected chi connectivity index (χ2v) is 7.75. The third-order valence-corrected chi connectivity index (χ3v) is 4.36. The lowest BCUT2D eigenvalue weighted by molar-refractivity contribution is 0.0304. The van der Waals surface area contributed by atoms with Gasteiger partial charge in [-0.2, -0.15) is 13.8 Å². The van der Waals surface area contributed by atoms with Crippen molar-refractivity contribution in [1.82, 2.24) is 15.5 Å². The number of carbonyl (C=O) groups excluding carboxylic acids is 1. The monoisotopic (exact) mass is 379 g/mol. The number of alkyl carbamates (subject to hydrolysis) is 1. The summed E-state index contributed by atoms with van der Waals surface area (Å²) >= 11 is 0. The minimum atomic E-state index is -3.32. The average Bonchev–Trinajstić information content (AvgIpc) is 3.23. The molecule has 1 aliphatic carbocycles. The van der Waals surface area contributed by atoms with Gasteiger partial charge in [0.15, 0.2) is 0 Å². The van der Waals surface area contributed by atoms with E-state index in [2.05, 4.69) is 15.5 Å². The van der Waals surface area contributed by atoms with Gasteiger partial charge in [-0.15, -0.1) is 0 Å². The van der Waals surface area contributed by atoms with Gasteiger partial charge in [0.25, 0.3) is 0 Å². The summed E-state index contributed by atoms with van der Waals surface area (Å²) in [5, 5.41) is 6.29. The summed E-state index contributed by atoms with van der Waals surface area (Å²) in [7, 11) is 0. The Morgan fingerprint density at radius 3 is 2.59 bits per heavy atom. The van der Waals surface area contributed by atoms with Crippen LogP contribution in [-0.2, 0) is 10.7 Å². The van der Waals surface area contributed by atoms with Crippen molar-refractivity contribution in [2.75, 3.05) is 0 Å². The lowest BCUT2D eigenvalue weighted by Gasteiger charge is -2.21. The van der Waals surface area contributed by atoms with Crippen molar-refractivity contribution in [1.29, 1.82) is 0 Å². The summed E-state index contributed by atoms with van der Waals surface area (Å²) in [6.07, 6.45) is 1.41. The largest absolute Gasteiger partial charge is 0.444 e. The number of carbonyl (C=O) groups is 1. The maximum absolute atomic E-state index is 14.5. The van der Waals surface area contributed by atoms with Crippen LogP contribution in [-0.4, -0.2) is 27.9 Å². The van der Waals surface area contributed by atoms with Gasteiger partial charge in [0.1, 0.15) is 5.60 Å². The first-order valence-electron chi connectivity index (χ1n) is 8.92. The molecule has 0 saturated heterocycles. The molecule has 27 heavy (non-hydrogen) atoms. The standard InChI is InChI=1S/C19H23F2N3O3/c1-18(2,3)26-17(25)22-14-10-9-12(11-14)15-23-16(24-27-15)19(20,21)13-7-5-4-6-8-13/h4-8,12,14H,9-11H2,1-3H3,(H,22,25)/t12-,14-/m0/s1. The Hall–Kier alpha value is -2.51. The highest BCUT2D eigenvalue weighted by atomic mass is 19.3. The van der Waals surface area contributed by atoms with Crippen LogP contribution in [0, 0.1) is 0 Å². The fraction of sp³-hybridized carbons (Fsp3) is 0.526. The second-order valence-electron chi connectivity index (χ2n) is 7.75. The van der Waals surface area contributed by atoms with Crippen LogP contribution in [0.1, 0.15) is 63.2 Å². The number of rotatable bonds is 4. The van der Waals surface area contributed by atoms with E-state index in [-0.39, 0.29) is 23.4 Å². The Balaban J connectivity index is 1.63. The Morgan fingerprint density at radius 1 is 1.22 bits per heavy atom. The van der Waals surface area contributed by atoms with Gasteiger partial charge in [0, 0.05) is 17.5 Å². The highest BCUT2D eigenvalue weighted by molar-refractivity contribution is 5.68. The van der Waals surface area contributed by atoms with Crippen LogP contribution in [0.3, 0.4) is 0 Å². The van der Waals surface area contributed by atoms with Gasteiger partial charge in [0.05, 0.1) is 0 Å². The van der Waals surface area contributed by atoms with E-state index in [1.165, 1.54) is 24.3 Å². The van der Waals surface area contributed by atoms with Crippen molar-refractivity contribution < 1.29 is 22.8 Å². The molecule has 0 bridgehead atoms. The maximum Gasteiger partial charge on any atom is 0.407 e. The third-order valence-electron chi connectivity index (χ3n) is 4.36. The Morgan fingerprint density at radius 2 is 1.93 bits per heavy atom. The van der Waals surface area contributed by atoms with Crippen molar-refractivity contribution in [3.63, 3.8) is 0 Å². The Bertz CT molecular complexity index is 787. The summed E-state index contributed by atoms with van der Waals surface area (Å²) in [6, 6.07) is 7.27. The van der Waals surface area contributed by atoms with Gasteiger partial charge < -0.3 is 14.6 Å². The molecule has 0 spiro atoms. The Labute approximate surface area is 156 Å². The zero-order valence-electron chi connectivity index (χ0n) is 15.5. The van der Waals surface area contributed by atoms with Crippen LogP contribution in [0.5, 0.6) is 0 Å². The number of ether oxygens (including phenoxy) is 1. The third kappa shape index (κ3) is 4.61. The molecule has 8 heteroatoms. The first-order valence-corrected chi connectivity index (χ1v) is 8.92. The number of amides is 1. The lowest BCUT2D eigenvalue weighted by Crippen LogP contribution is -2.37. The van der Waals surface area contributed by atoms with Crippen molar-refractivity contribution in [2.24, 2.45) is 0 Å². The van der Waals surface area contributed by atoms with Crippen molar-refractivity contribution in [2.45, 2.75) is 63.5 Å². The molecule has 1 aliphatic rings. The van der Waals surface area contributed by atoms with E-state index in [9.17, 15) is 13.6 Å². The van der Waals surface area contributed by atoms with Gasteiger partial charge in [-0.3, -0.25) is 0 Å². The molecule has 3 rings (SSSR count). The molecule has 1 N–H and O–H groups in total. The number of alkyl halides is 2. The first kappa shape index (κ1) is 19.3. The molecule has 0 aliphatic heterocycles. The molecule has 146 valence electrons. The van der Waals surface area contributed by atoms with Gasteiger partial charge in [-0.1, -0.05) is 35.5 Å². The van der Waals surface area contributed by atoms with Gasteiger partial charge >= 0.3 is 12.0 Å². The van der Waals surface area contributed by atoms with Gasteiger partial charge in [0.2, 0.25) is 11.7 Å². The van der Waals surface area contributed by atoms with E-state index >= 15 is 0 Å². The van der Waals surface area contributed by atoms with Crippen LogP contribution < -0.4 is 5.32 Å². The number of hydrogen-bond acceptors (Lipinski definition) is 5. The molecule has 0 radical (unpaired) electrons. The number of halogens is 2. The topological polar surface area (TPSA) is 77.2 Å². The molecule has 1 amide bonds. The highest BCUT2D eigenvalue weighted by Crippen LogP contribution is 2.37. The summed E-state index contributed by atoms with van der Waals surface area (Å²) in [5.41, 5.74) is -0.764. The van der Waals surface area contributed by atoms with Gasteiger partial charge in [-0.25, -0.2) is 4.79 Å². The number of nitrogens with one attached hydrogen (secondary N) is 1. The number of aromatic nitrogens is 2. The summed E-state index contributed by atoms with van der Waals surface area (Å²) in [6.45, 7) is 5.37. The van der Waals surface area contributed by atoms with E-state index in [0.29, 0.717) is 19.3 Å². The number of hydrogen-bond donors (Lipinski definition) is 1. The average molecular weight is 379 g/mol.